The van der Waals surface area contributed by atoms with Crippen LogP contribution in [0.25, 0.3) is 0 Å². The topological polar surface area (TPSA) is 56.0 Å². The summed E-state index contributed by atoms with van der Waals surface area (Å²) < 4.78 is 0.820. The maximum atomic E-state index is 12.4. The van der Waals surface area contributed by atoms with E-state index < -0.39 is 0 Å². The van der Waals surface area contributed by atoms with E-state index in [4.69, 9.17) is 0 Å². The summed E-state index contributed by atoms with van der Waals surface area (Å²) in [5.74, 6) is 3.05. The molecule has 0 radical (unpaired) electrons. The van der Waals surface area contributed by atoms with E-state index in [0.29, 0.717) is 16.2 Å². The van der Waals surface area contributed by atoms with Gasteiger partial charge in [-0.05, 0) is 86.4 Å². The highest BCUT2D eigenvalue weighted by Gasteiger charge is 2.53. The number of hydrogen-bond acceptors (Lipinski definition) is 3. The van der Waals surface area contributed by atoms with Crippen LogP contribution >= 0.6 is 11.8 Å². The minimum absolute atomic E-state index is 0.0482. The lowest BCUT2D eigenvalue weighted by Crippen LogP contribution is -2.56. The molecule has 5 heteroatoms. The summed E-state index contributed by atoms with van der Waals surface area (Å²) in [7, 11) is 0. The van der Waals surface area contributed by atoms with Crippen molar-refractivity contribution in [2.45, 2.75) is 56.5 Å². The third kappa shape index (κ3) is 3.03. The summed E-state index contributed by atoms with van der Waals surface area (Å²) in [4.78, 5) is 12.4. The molecule has 4 nitrogen and oxygen atoms in total. The quantitative estimate of drug-likeness (QED) is 0.506. The van der Waals surface area contributed by atoms with Crippen LogP contribution in [0.4, 0.5) is 0 Å². The maximum Gasteiger partial charge on any atom is 0.251 e. The first kappa shape index (κ1) is 16.2. The molecule has 4 saturated carbocycles. The van der Waals surface area contributed by atoms with E-state index in [1.807, 2.05) is 6.07 Å². The Balaban J connectivity index is 1.35. The first-order valence-electron chi connectivity index (χ1n) is 9.14. The molecule has 0 aliphatic heterocycles. The smallest absolute Gasteiger partial charge is 0.251 e. The summed E-state index contributed by atoms with van der Waals surface area (Å²) in [5.41, 5.74) is 0.334. The Kier molecular flexibility index (Phi) is 4.23. The van der Waals surface area contributed by atoms with Gasteiger partial charge in [0, 0.05) is 18.2 Å². The van der Waals surface area contributed by atoms with Crippen molar-refractivity contribution in [1.82, 2.24) is 5.32 Å². The Morgan fingerprint density at radius 1 is 1.29 bits per heavy atom. The summed E-state index contributed by atoms with van der Waals surface area (Å²) in [6.45, 7) is 2.20. The number of nitrogens with one attached hydrogen (secondary N) is 1. The van der Waals surface area contributed by atoms with Crippen LogP contribution in [-0.2, 0) is 4.79 Å². The minimum Gasteiger partial charge on any atom is -0.618 e. The highest BCUT2D eigenvalue weighted by Crippen LogP contribution is 2.61. The average molecular weight is 346 g/mol. The van der Waals surface area contributed by atoms with Gasteiger partial charge in [-0.2, -0.15) is 4.73 Å². The van der Waals surface area contributed by atoms with Crippen LogP contribution < -0.4 is 10.0 Å². The molecule has 4 fully saturated rings. The average Bonchev–Trinajstić information content (AvgIpc) is 2.53. The summed E-state index contributed by atoms with van der Waals surface area (Å²) >= 11 is 1.31. The lowest BCUT2D eigenvalue weighted by Gasteiger charge is -2.59. The summed E-state index contributed by atoms with van der Waals surface area (Å²) in [5, 5.41) is 15.5. The largest absolute Gasteiger partial charge is 0.618 e. The zero-order valence-corrected chi connectivity index (χ0v) is 15.1. The number of aromatic nitrogens is 1. The number of thioether (sulfide) groups is 1. The highest BCUT2D eigenvalue weighted by atomic mass is 32.2. The van der Waals surface area contributed by atoms with Crippen LogP contribution in [0.5, 0.6) is 0 Å². The molecule has 1 aromatic rings. The van der Waals surface area contributed by atoms with E-state index in [0.717, 1.165) is 22.5 Å². The molecule has 130 valence electrons. The van der Waals surface area contributed by atoms with Crippen LogP contribution in [0.1, 0.15) is 45.4 Å². The van der Waals surface area contributed by atoms with Crippen LogP contribution in [0.2, 0.25) is 0 Å². The first-order chi connectivity index (χ1) is 11.5. The van der Waals surface area contributed by atoms with E-state index in [9.17, 15) is 10.0 Å². The summed E-state index contributed by atoms with van der Waals surface area (Å²) in [6, 6.07) is 5.53. The van der Waals surface area contributed by atoms with Crippen molar-refractivity contribution in [2.75, 3.05) is 5.75 Å². The lowest BCUT2D eigenvalue weighted by molar-refractivity contribution is -0.645. The fourth-order valence-electron chi connectivity index (χ4n) is 5.81. The van der Waals surface area contributed by atoms with Crippen molar-refractivity contribution in [1.29, 1.82) is 0 Å². The molecule has 1 atom stereocenters. The van der Waals surface area contributed by atoms with Crippen molar-refractivity contribution in [2.24, 2.45) is 23.2 Å². The molecule has 24 heavy (non-hydrogen) atoms. The summed E-state index contributed by atoms with van der Waals surface area (Å²) in [6.07, 6.45) is 9.64. The van der Waals surface area contributed by atoms with Gasteiger partial charge in [-0.15, -0.1) is 0 Å². The number of amides is 1. The molecule has 1 amide bonds. The van der Waals surface area contributed by atoms with E-state index in [1.165, 1.54) is 56.5 Å². The van der Waals surface area contributed by atoms with Crippen LogP contribution in [0, 0.1) is 28.4 Å². The molecule has 0 spiro atoms. The molecular weight excluding hydrogens is 320 g/mol. The van der Waals surface area contributed by atoms with Crippen LogP contribution in [-0.4, -0.2) is 17.7 Å². The molecule has 4 aliphatic carbocycles. The van der Waals surface area contributed by atoms with Gasteiger partial charge in [0.25, 0.3) is 5.03 Å². The van der Waals surface area contributed by atoms with Gasteiger partial charge in [0.15, 0.2) is 6.20 Å². The van der Waals surface area contributed by atoms with Gasteiger partial charge in [0.1, 0.15) is 0 Å². The van der Waals surface area contributed by atoms with Gasteiger partial charge in [-0.3, -0.25) is 4.79 Å². The third-order valence-corrected chi connectivity index (χ3v) is 7.54. The standard InChI is InChI=1S/C19H26N2O2S/c1-13(19-9-14-6-15(10-19)8-16(7-14)11-19)20-17(22)12-24-18-4-2-3-5-21(18)23/h2-5,13-16H,6-12H2,1H3,(H,20,22)/t13-,14?,15?,16?,19?/m1/s1. The number of carbonyl (C=O) groups excluding carboxylic acids is 1. The molecule has 4 aliphatic rings. The van der Waals surface area contributed by atoms with Crippen LogP contribution in [0.3, 0.4) is 0 Å². The molecule has 0 aromatic carbocycles. The van der Waals surface area contributed by atoms with Gasteiger partial charge in [0.2, 0.25) is 5.91 Å². The fourth-order valence-corrected chi connectivity index (χ4v) is 6.53. The monoisotopic (exact) mass is 346 g/mol. The second kappa shape index (κ2) is 6.25. The van der Waals surface area contributed by atoms with Crippen LogP contribution in [0.15, 0.2) is 29.4 Å². The van der Waals surface area contributed by atoms with Crippen molar-refractivity contribution >= 4 is 17.7 Å². The van der Waals surface area contributed by atoms with E-state index in [2.05, 4.69) is 12.2 Å². The lowest BCUT2D eigenvalue weighted by atomic mass is 9.48. The molecule has 1 N–H and O–H groups in total. The Morgan fingerprint density at radius 2 is 1.92 bits per heavy atom. The highest BCUT2D eigenvalue weighted by molar-refractivity contribution is 7.99. The number of pyridine rings is 1. The van der Waals surface area contributed by atoms with Gasteiger partial charge in [-0.25, -0.2) is 0 Å². The molecular formula is C19H26N2O2S. The predicted octanol–water partition coefficient (Wildman–Crippen LogP) is 3.13. The van der Waals surface area contributed by atoms with Crippen molar-refractivity contribution < 1.29 is 9.52 Å². The van der Waals surface area contributed by atoms with Gasteiger partial charge in [0.05, 0.1) is 5.75 Å². The van der Waals surface area contributed by atoms with Gasteiger partial charge in [-0.1, -0.05) is 0 Å². The SMILES string of the molecule is C[C@@H](NC(=O)CSc1cccc[n+]1[O-])C12CC3CC(CC(C3)C1)C2. The zero-order chi connectivity index (χ0) is 16.7. The molecule has 1 heterocycles. The van der Waals surface area contributed by atoms with Crippen molar-refractivity contribution in [3.63, 3.8) is 0 Å². The number of nitrogens with zero attached hydrogens (tertiary/aromatic N) is 1. The van der Waals surface area contributed by atoms with E-state index in [-0.39, 0.29) is 11.9 Å². The molecule has 1 aromatic heterocycles. The Morgan fingerprint density at radius 3 is 2.50 bits per heavy atom. The molecule has 0 unspecified atom stereocenters. The van der Waals surface area contributed by atoms with E-state index >= 15 is 0 Å². The molecule has 5 rings (SSSR count). The first-order valence-corrected chi connectivity index (χ1v) is 10.1. The Bertz CT molecular complexity index is 598. The molecule has 4 bridgehead atoms. The van der Waals surface area contributed by atoms with Crippen molar-refractivity contribution in [3.8, 4) is 0 Å². The van der Waals surface area contributed by atoms with Crippen molar-refractivity contribution in [3.05, 3.63) is 29.6 Å². The molecule has 0 saturated heterocycles. The second-order valence-electron chi connectivity index (χ2n) is 8.22. The normalized spacial score (nSPS) is 35.0. The predicted molar refractivity (Wildman–Crippen MR) is 94.3 cm³/mol. The van der Waals surface area contributed by atoms with E-state index in [1.54, 1.807) is 12.1 Å². The van der Waals surface area contributed by atoms with Gasteiger partial charge >= 0.3 is 0 Å². The second-order valence-corrected chi connectivity index (χ2v) is 9.22. The zero-order valence-electron chi connectivity index (χ0n) is 14.2. The maximum absolute atomic E-state index is 12.4. The fraction of sp³-hybridized carbons (Fsp3) is 0.684. The number of rotatable bonds is 5. The third-order valence-electron chi connectivity index (χ3n) is 6.52. The Hall–Kier alpha value is -1.23. The minimum atomic E-state index is 0.0482. The van der Waals surface area contributed by atoms with Gasteiger partial charge < -0.3 is 10.5 Å². The number of carbonyl (C=O) groups is 1. The number of hydrogen-bond donors (Lipinski definition) is 1. The Labute approximate surface area is 148 Å².